The summed E-state index contributed by atoms with van der Waals surface area (Å²) in [6.07, 6.45) is 3.50. The van der Waals surface area contributed by atoms with Gasteiger partial charge >= 0.3 is 5.97 Å². The Morgan fingerprint density at radius 3 is 2.08 bits per heavy atom. The number of carbonyl (C=O) groups excluding carboxylic acids is 1. The third-order valence-corrected chi connectivity index (χ3v) is 6.94. The SMILES string of the molecule is CCCc1ccc(-c2ccc(OC(=O)C3CCC(c4ccc(OCC)c(F)c4F)CC3)c(F)c2F)cc1. The molecule has 1 saturated carbocycles. The van der Waals surface area contributed by atoms with Crippen LogP contribution in [0.15, 0.2) is 48.5 Å². The summed E-state index contributed by atoms with van der Waals surface area (Å²) in [5.41, 5.74) is 1.98. The number of aryl methyl sites for hydroxylation is 1. The van der Waals surface area contributed by atoms with Gasteiger partial charge in [0.15, 0.2) is 23.1 Å². The van der Waals surface area contributed by atoms with Crippen LogP contribution in [0, 0.1) is 29.2 Å². The highest BCUT2D eigenvalue weighted by Crippen LogP contribution is 2.39. The van der Waals surface area contributed by atoms with Crippen LogP contribution in [-0.2, 0) is 11.2 Å². The first-order chi connectivity index (χ1) is 17.8. The van der Waals surface area contributed by atoms with E-state index in [1.54, 1.807) is 19.1 Å². The largest absolute Gasteiger partial charge is 0.491 e. The highest BCUT2D eigenvalue weighted by molar-refractivity contribution is 5.76. The van der Waals surface area contributed by atoms with E-state index in [9.17, 15) is 22.4 Å². The summed E-state index contributed by atoms with van der Waals surface area (Å²) in [5, 5.41) is 0. The van der Waals surface area contributed by atoms with Crippen molar-refractivity contribution in [1.29, 1.82) is 0 Å². The number of rotatable bonds is 8. The second kappa shape index (κ2) is 11.8. The molecular formula is C30H30F4O3. The Labute approximate surface area is 214 Å². The minimum absolute atomic E-state index is 0.0884. The molecule has 0 bridgehead atoms. The van der Waals surface area contributed by atoms with Gasteiger partial charge in [0.25, 0.3) is 0 Å². The third-order valence-electron chi connectivity index (χ3n) is 6.94. The van der Waals surface area contributed by atoms with Crippen molar-refractivity contribution in [3.63, 3.8) is 0 Å². The van der Waals surface area contributed by atoms with E-state index in [1.165, 1.54) is 24.3 Å². The van der Waals surface area contributed by atoms with Crippen molar-refractivity contribution in [3.05, 3.63) is 82.9 Å². The molecule has 0 spiro atoms. The fourth-order valence-electron chi connectivity index (χ4n) is 4.93. The predicted octanol–water partition coefficient (Wildman–Crippen LogP) is 8.14. The number of ether oxygens (including phenoxy) is 2. The van der Waals surface area contributed by atoms with Gasteiger partial charge in [0, 0.05) is 5.56 Å². The predicted molar refractivity (Wildman–Crippen MR) is 134 cm³/mol. The summed E-state index contributed by atoms with van der Waals surface area (Å²) in [5.74, 6) is -6.30. The number of halogens is 4. The highest BCUT2D eigenvalue weighted by Gasteiger charge is 2.31. The molecule has 7 heteroatoms. The summed E-state index contributed by atoms with van der Waals surface area (Å²) in [6, 6.07) is 12.8. The number of esters is 1. The Morgan fingerprint density at radius 1 is 0.784 bits per heavy atom. The summed E-state index contributed by atoms with van der Waals surface area (Å²) in [7, 11) is 0. The molecule has 1 fully saturated rings. The number of benzene rings is 3. The average molecular weight is 515 g/mol. The van der Waals surface area contributed by atoms with Crippen LogP contribution in [0.2, 0.25) is 0 Å². The monoisotopic (exact) mass is 514 g/mol. The van der Waals surface area contributed by atoms with Crippen LogP contribution in [0.1, 0.15) is 63.0 Å². The quantitative estimate of drug-likeness (QED) is 0.173. The number of hydrogen-bond donors (Lipinski definition) is 0. The summed E-state index contributed by atoms with van der Waals surface area (Å²) < 4.78 is 68.8. The van der Waals surface area contributed by atoms with Crippen molar-refractivity contribution >= 4 is 5.97 Å². The minimum atomic E-state index is -1.22. The van der Waals surface area contributed by atoms with Crippen molar-refractivity contribution in [3.8, 4) is 22.6 Å². The first kappa shape index (κ1) is 26.7. The molecule has 1 aliphatic carbocycles. The maximum Gasteiger partial charge on any atom is 0.314 e. The Bertz CT molecular complexity index is 1250. The van der Waals surface area contributed by atoms with Gasteiger partial charge in [0.2, 0.25) is 11.6 Å². The van der Waals surface area contributed by atoms with Crippen LogP contribution >= 0.6 is 0 Å². The molecular weight excluding hydrogens is 484 g/mol. The van der Waals surface area contributed by atoms with Crippen LogP contribution < -0.4 is 9.47 Å². The first-order valence-electron chi connectivity index (χ1n) is 12.7. The molecule has 0 amide bonds. The van der Waals surface area contributed by atoms with Crippen molar-refractivity contribution < 1.29 is 31.8 Å². The second-order valence-electron chi connectivity index (χ2n) is 9.37. The summed E-state index contributed by atoms with van der Waals surface area (Å²) in [6.45, 7) is 3.98. The van der Waals surface area contributed by atoms with E-state index in [0.717, 1.165) is 18.4 Å². The molecule has 0 atom stereocenters. The van der Waals surface area contributed by atoms with E-state index >= 15 is 0 Å². The molecule has 3 aromatic rings. The van der Waals surface area contributed by atoms with Gasteiger partial charge < -0.3 is 9.47 Å². The van der Waals surface area contributed by atoms with E-state index < -0.39 is 40.9 Å². The molecule has 0 heterocycles. The molecule has 0 aromatic heterocycles. The lowest BCUT2D eigenvalue weighted by molar-refractivity contribution is -0.140. The van der Waals surface area contributed by atoms with Crippen molar-refractivity contribution in [1.82, 2.24) is 0 Å². The topological polar surface area (TPSA) is 35.5 Å². The van der Waals surface area contributed by atoms with Crippen molar-refractivity contribution in [2.45, 2.75) is 58.3 Å². The molecule has 0 saturated heterocycles. The van der Waals surface area contributed by atoms with Gasteiger partial charge in [-0.3, -0.25) is 4.79 Å². The molecule has 37 heavy (non-hydrogen) atoms. The fourth-order valence-corrected chi connectivity index (χ4v) is 4.93. The molecule has 0 N–H and O–H groups in total. The van der Waals surface area contributed by atoms with Gasteiger partial charge in [-0.05, 0) is 79.8 Å². The zero-order chi connectivity index (χ0) is 26.5. The van der Waals surface area contributed by atoms with Crippen LogP contribution in [0.4, 0.5) is 17.6 Å². The Morgan fingerprint density at radius 2 is 1.43 bits per heavy atom. The standard InChI is InChI=1S/C30H30F4O3/c1-3-5-18-6-8-19(9-7-18)23-15-17-25(29(34)27(23)32)37-30(35)21-12-10-20(11-13-21)22-14-16-24(36-4-2)28(33)26(22)31/h6-9,14-17,20-21H,3-5,10-13H2,1-2H3. The Hall–Kier alpha value is -3.35. The van der Waals surface area contributed by atoms with Gasteiger partial charge in [0.05, 0.1) is 12.5 Å². The molecule has 1 aliphatic rings. The van der Waals surface area contributed by atoms with Crippen LogP contribution in [0.3, 0.4) is 0 Å². The third kappa shape index (κ3) is 5.81. The molecule has 196 valence electrons. The summed E-state index contributed by atoms with van der Waals surface area (Å²) >= 11 is 0. The van der Waals surface area contributed by atoms with Crippen LogP contribution in [0.5, 0.6) is 11.5 Å². The smallest absolute Gasteiger partial charge is 0.314 e. The van der Waals surface area contributed by atoms with E-state index in [0.29, 0.717) is 31.2 Å². The Kier molecular flexibility index (Phi) is 8.52. The maximum atomic E-state index is 14.8. The van der Waals surface area contributed by atoms with Gasteiger partial charge in [0.1, 0.15) is 0 Å². The molecule has 4 rings (SSSR count). The summed E-state index contributed by atoms with van der Waals surface area (Å²) in [4.78, 5) is 12.7. The highest BCUT2D eigenvalue weighted by atomic mass is 19.2. The number of carbonyl (C=O) groups is 1. The lowest BCUT2D eigenvalue weighted by Crippen LogP contribution is -2.26. The van der Waals surface area contributed by atoms with Gasteiger partial charge in [-0.2, -0.15) is 8.78 Å². The van der Waals surface area contributed by atoms with Gasteiger partial charge in [-0.25, -0.2) is 8.78 Å². The Balaban J connectivity index is 1.40. The zero-order valence-electron chi connectivity index (χ0n) is 21.0. The van der Waals surface area contributed by atoms with E-state index in [4.69, 9.17) is 9.47 Å². The molecule has 3 aromatic carbocycles. The molecule has 0 radical (unpaired) electrons. The van der Waals surface area contributed by atoms with Gasteiger partial charge in [-0.15, -0.1) is 0 Å². The lowest BCUT2D eigenvalue weighted by Gasteiger charge is -2.28. The second-order valence-corrected chi connectivity index (χ2v) is 9.37. The van der Waals surface area contributed by atoms with Gasteiger partial charge in [-0.1, -0.05) is 43.7 Å². The van der Waals surface area contributed by atoms with Crippen molar-refractivity contribution in [2.75, 3.05) is 6.61 Å². The maximum absolute atomic E-state index is 14.8. The number of hydrogen-bond acceptors (Lipinski definition) is 3. The fraction of sp³-hybridized carbons (Fsp3) is 0.367. The normalized spacial score (nSPS) is 17.5. The minimum Gasteiger partial charge on any atom is -0.491 e. The average Bonchev–Trinajstić information content (AvgIpc) is 2.91. The molecule has 3 nitrogen and oxygen atoms in total. The zero-order valence-corrected chi connectivity index (χ0v) is 21.0. The van der Waals surface area contributed by atoms with E-state index in [1.807, 2.05) is 12.1 Å². The van der Waals surface area contributed by atoms with Crippen molar-refractivity contribution in [2.24, 2.45) is 5.92 Å². The van der Waals surface area contributed by atoms with Crippen LogP contribution in [-0.4, -0.2) is 12.6 Å². The lowest BCUT2D eigenvalue weighted by atomic mass is 9.78. The first-order valence-corrected chi connectivity index (χ1v) is 12.7. The van der Waals surface area contributed by atoms with E-state index in [-0.39, 0.29) is 29.4 Å². The van der Waals surface area contributed by atoms with Crippen LogP contribution in [0.25, 0.3) is 11.1 Å². The molecule has 0 unspecified atom stereocenters. The van der Waals surface area contributed by atoms with E-state index in [2.05, 4.69) is 6.92 Å². The molecule has 0 aliphatic heterocycles.